The third kappa shape index (κ3) is 7.74. The Balaban J connectivity index is 3.46. The monoisotopic (exact) mass is 244 g/mol. The van der Waals surface area contributed by atoms with Gasteiger partial charge in [-0.25, -0.2) is 0 Å². The number of hydrogen-bond donors (Lipinski definition) is 3. The Morgan fingerprint density at radius 3 is 2.24 bits per heavy atom. The lowest BCUT2D eigenvalue weighted by atomic mass is 10.1. The number of likely N-dealkylation sites (N-methyl/N-ethyl adjacent to an activating group) is 1. The molecule has 0 aliphatic heterocycles. The largest absolute Gasteiger partial charge is 0.481 e. The summed E-state index contributed by atoms with van der Waals surface area (Å²) in [5.41, 5.74) is -0.538. The van der Waals surface area contributed by atoms with Crippen LogP contribution in [0.3, 0.4) is 0 Å². The van der Waals surface area contributed by atoms with Gasteiger partial charge in [-0.15, -0.1) is 0 Å². The van der Waals surface area contributed by atoms with Gasteiger partial charge in [-0.05, 0) is 33.7 Å². The summed E-state index contributed by atoms with van der Waals surface area (Å²) in [7, 11) is 1.76. The molecule has 0 bridgehead atoms. The van der Waals surface area contributed by atoms with Crippen molar-refractivity contribution < 1.29 is 14.7 Å². The van der Waals surface area contributed by atoms with Gasteiger partial charge >= 0.3 is 5.97 Å². The average molecular weight is 244 g/mol. The zero-order valence-electron chi connectivity index (χ0n) is 11.0. The fraction of sp³-hybridized carbons (Fsp3) is 0.833. The molecule has 17 heavy (non-hydrogen) atoms. The van der Waals surface area contributed by atoms with Gasteiger partial charge in [0.05, 0.1) is 5.54 Å². The minimum absolute atomic E-state index is 0.00876. The molecule has 100 valence electrons. The van der Waals surface area contributed by atoms with Gasteiger partial charge in [0.2, 0.25) is 5.91 Å². The molecule has 0 saturated carbocycles. The van der Waals surface area contributed by atoms with Crippen molar-refractivity contribution in [3.05, 3.63) is 0 Å². The summed E-state index contributed by atoms with van der Waals surface area (Å²) in [5, 5.41) is 14.2. The molecule has 0 spiro atoms. The Hall–Kier alpha value is -1.10. The molecule has 0 rings (SSSR count). The van der Waals surface area contributed by atoms with Crippen LogP contribution < -0.4 is 10.6 Å². The number of carbonyl (C=O) groups excluding carboxylic acids is 1. The first-order chi connectivity index (χ1) is 7.90. The predicted octanol–water partition coefficient (Wildman–Crippen LogP) is 1.14. The lowest BCUT2D eigenvalue weighted by molar-refractivity contribution is -0.137. The highest BCUT2D eigenvalue weighted by Gasteiger charge is 2.24. The molecule has 5 nitrogen and oxygen atoms in total. The van der Waals surface area contributed by atoms with Crippen LogP contribution in [0, 0.1) is 0 Å². The van der Waals surface area contributed by atoms with E-state index in [1.165, 1.54) is 0 Å². The third-order valence-corrected chi connectivity index (χ3v) is 2.80. The van der Waals surface area contributed by atoms with Crippen LogP contribution in [0.2, 0.25) is 0 Å². The number of carbonyl (C=O) groups is 2. The molecule has 0 aromatic rings. The number of amides is 1. The van der Waals surface area contributed by atoms with E-state index in [1.807, 2.05) is 13.8 Å². The molecule has 0 aliphatic rings. The number of unbranched alkanes of at least 4 members (excludes halogenated alkanes) is 3. The summed E-state index contributed by atoms with van der Waals surface area (Å²) in [6.45, 7) is 4.31. The molecule has 0 aromatic carbocycles. The summed E-state index contributed by atoms with van der Waals surface area (Å²) in [4.78, 5) is 21.9. The van der Waals surface area contributed by atoms with E-state index in [-0.39, 0.29) is 12.3 Å². The maximum Gasteiger partial charge on any atom is 0.303 e. The van der Waals surface area contributed by atoms with Crippen LogP contribution >= 0.6 is 0 Å². The second-order valence-electron chi connectivity index (χ2n) is 4.69. The Morgan fingerprint density at radius 1 is 1.12 bits per heavy atom. The molecular weight excluding hydrogens is 220 g/mol. The Morgan fingerprint density at radius 2 is 1.71 bits per heavy atom. The van der Waals surface area contributed by atoms with Crippen molar-refractivity contribution >= 4 is 11.9 Å². The Labute approximate surface area is 103 Å². The summed E-state index contributed by atoms with van der Waals surface area (Å²) < 4.78 is 0. The first-order valence-corrected chi connectivity index (χ1v) is 6.09. The van der Waals surface area contributed by atoms with E-state index in [1.54, 1.807) is 7.05 Å². The SMILES string of the molecule is CNC(C)(C)C(=O)NCCCCCCC(=O)O. The van der Waals surface area contributed by atoms with E-state index in [0.717, 1.165) is 19.3 Å². The van der Waals surface area contributed by atoms with Crippen LogP contribution in [-0.2, 0) is 9.59 Å². The zero-order chi connectivity index (χ0) is 13.3. The molecule has 0 fully saturated rings. The van der Waals surface area contributed by atoms with Crippen LogP contribution in [0.5, 0.6) is 0 Å². The summed E-state index contributed by atoms with van der Waals surface area (Å²) in [6, 6.07) is 0. The standard InChI is InChI=1S/C12H24N2O3/c1-12(2,13-3)11(17)14-9-7-5-4-6-8-10(15)16/h13H,4-9H2,1-3H3,(H,14,17)(H,15,16). The van der Waals surface area contributed by atoms with Crippen LogP contribution in [0.25, 0.3) is 0 Å². The summed E-state index contributed by atoms with van der Waals surface area (Å²) in [5.74, 6) is -0.750. The van der Waals surface area contributed by atoms with Crippen molar-refractivity contribution in [3.63, 3.8) is 0 Å². The lowest BCUT2D eigenvalue weighted by Crippen LogP contribution is -2.51. The summed E-state index contributed by atoms with van der Waals surface area (Å²) >= 11 is 0. The first kappa shape index (κ1) is 15.9. The van der Waals surface area contributed by atoms with Crippen LogP contribution in [0.1, 0.15) is 46.0 Å². The molecule has 0 atom stereocenters. The molecule has 0 aliphatic carbocycles. The quantitative estimate of drug-likeness (QED) is 0.531. The molecule has 0 unspecified atom stereocenters. The van der Waals surface area contributed by atoms with Crippen LogP contribution in [-0.4, -0.2) is 36.1 Å². The van der Waals surface area contributed by atoms with Crippen molar-refractivity contribution in [2.45, 2.75) is 51.5 Å². The molecule has 1 amide bonds. The third-order valence-electron chi connectivity index (χ3n) is 2.80. The number of hydrogen-bond acceptors (Lipinski definition) is 3. The molecule has 5 heteroatoms. The highest BCUT2D eigenvalue weighted by Crippen LogP contribution is 2.03. The van der Waals surface area contributed by atoms with Gasteiger partial charge < -0.3 is 15.7 Å². The maximum atomic E-state index is 11.6. The van der Waals surface area contributed by atoms with Gasteiger partial charge in [-0.2, -0.15) is 0 Å². The zero-order valence-corrected chi connectivity index (χ0v) is 11.0. The smallest absolute Gasteiger partial charge is 0.303 e. The first-order valence-electron chi connectivity index (χ1n) is 6.09. The molecule has 3 N–H and O–H groups in total. The van der Waals surface area contributed by atoms with Crippen molar-refractivity contribution in [3.8, 4) is 0 Å². The Kier molecular flexibility index (Phi) is 7.54. The second-order valence-corrected chi connectivity index (χ2v) is 4.69. The lowest BCUT2D eigenvalue weighted by Gasteiger charge is -2.22. The van der Waals surface area contributed by atoms with E-state index in [9.17, 15) is 9.59 Å². The average Bonchev–Trinajstić information content (AvgIpc) is 2.27. The van der Waals surface area contributed by atoms with Crippen LogP contribution in [0.15, 0.2) is 0 Å². The van der Waals surface area contributed by atoms with Crippen molar-refractivity contribution in [1.82, 2.24) is 10.6 Å². The normalized spacial score (nSPS) is 11.2. The highest BCUT2D eigenvalue weighted by molar-refractivity contribution is 5.85. The topological polar surface area (TPSA) is 78.4 Å². The predicted molar refractivity (Wildman–Crippen MR) is 66.9 cm³/mol. The van der Waals surface area contributed by atoms with Crippen molar-refractivity contribution in [2.24, 2.45) is 0 Å². The van der Waals surface area contributed by atoms with E-state index >= 15 is 0 Å². The molecule has 0 radical (unpaired) electrons. The minimum atomic E-state index is -0.742. The van der Waals surface area contributed by atoms with Crippen molar-refractivity contribution in [2.75, 3.05) is 13.6 Å². The Bertz CT molecular complexity index is 252. The number of aliphatic carboxylic acids is 1. The molecule has 0 heterocycles. The molecular formula is C12H24N2O3. The summed E-state index contributed by atoms with van der Waals surface area (Å²) in [6.07, 6.45) is 3.70. The van der Waals surface area contributed by atoms with Gasteiger partial charge in [0, 0.05) is 13.0 Å². The van der Waals surface area contributed by atoms with Gasteiger partial charge in [0.25, 0.3) is 0 Å². The number of rotatable bonds is 9. The van der Waals surface area contributed by atoms with Crippen LogP contribution in [0.4, 0.5) is 0 Å². The van der Waals surface area contributed by atoms with Crippen molar-refractivity contribution in [1.29, 1.82) is 0 Å². The maximum absolute atomic E-state index is 11.6. The highest BCUT2D eigenvalue weighted by atomic mass is 16.4. The second kappa shape index (κ2) is 8.06. The van der Waals surface area contributed by atoms with E-state index in [4.69, 9.17) is 5.11 Å². The molecule has 0 aromatic heterocycles. The number of carboxylic acids is 1. The van der Waals surface area contributed by atoms with E-state index in [0.29, 0.717) is 13.0 Å². The fourth-order valence-corrected chi connectivity index (χ4v) is 1.29. The van der Waals surface area contributed by atoms with Gasteiger partial charge in [0.15, 0.2) is 0 Å². The van der Waals surface area contributed by atoms with E-state index < -0.39 is 11.5 Å². The van der Waals surface area contributed by atoms with Gasteiger partial charge in [-0.1, -0.05) is 12.8 Å². The number of nitrogens with one attached hydrogen (secondary N) is 2. The number of carboxylic acid groups (broad SMARTS) is 1. The molecule has 0 saturated heterocycles. The fourth-order valence-electron chi connectivity index (χ4n) is 1.29. The van der Waals surface area contributed by atoms with Gasteiger partial charge in [0.1, 0.15) is 0 Å². The van der Waals surface area contributed by atoms with E-state index in [2.05, 4.69) is 10.6 Å². The minimum Gasteiger partial charge on any atom is -0.481 e. The van der Waals surface area contributed by atoms with Gasteiger partial charge in [-0.3, -0.25) is 9.59 Å².